The number of halogens is 3. The van der Waals surface area contributed by atoms with Gasteiger partial charge in [-0.2, -0.15) is 0 Å². The van der Waals surface area contributed by atoms with Gasteiger partial charge in [-0.15, -0.1) is 11.8 Å². The van der Waals surface area contributed by atoms with E-state index in [-0.39, 0.29) is 10.7 Å². The Morgan fingerprint density at radius 2 is 1.81 bits per heavy atom. The van der Waals surface area contributed by atoms with Gasteiger partial charge in [-0.25, -0.2) is 13.2 Å². The highest BCUT2D eigenvalue weighted by atomic mass is 32.2. The van der Waals surface area contributed by atoms with Gasteiger partial charge < -0.3 is 11.1 Å². The van der Waals surface area contributed by atoms with Crippen LogP contribution in [0.25, 0.3) is 0 Å². The van der Waals surface area contributed by atoms with Gasteiger partial charge in [-0.1, -0.05) is 18.3 Å². The number of hydrogen-bond acceptors (Lipinski definition) is 3. The lowest BCUT2D eigenvalue weighted by Gasteiger charge is -2.14. The van der Waals surface area contributed by atoms with Gasteiger partial charge in [-0.05, 0) is 18.4 Å². The number of nitrogens with one attached hydrogen (secondary N) is 1. The molecule has 0 saturated heterocycles. The second-order valence-corrected chi connectivity index (χ2v) is 5.41. The van der Waals surface area contributed by atoms with Gasteiger partial charge in [0.15, 0.2) is 17.5 Å². The van der Waals surface area contributed by atoms with E-state index in [1.54, 1.807) is 12.1 Å². The highest BCUT2D eigenvalue weighted by molar-refractivity contribution is 7.98. The maximum atomic E-state index is 13.2. The van der Waals surface area contributed by atoms with Crippen molar-refractivity contribution in [2.75, 3.05) is 11.6 Å². The molecule has 7 heteroatoms. The van der Waals surface area contributed by atoms with E-state index in [2.05, 4.69) is 5.32 Å². The van der Waals surface area contributed by atoms with Crippen LogP contribution in [0, 0.1) is 17.5 Å². The smallest absolute Gasteiger partial charge is 0.194 e. The van der Waals surface area contributed by atoms with E-state index in [4.69, 9.17) is 18.0 Å². The van der Waals surface area contributed by atoms with Crippen LogP contribution in [0.3, 0.4) is 0 Å². The zero-order chi connectivity index (χ0) is 15.6. The molecule has 2 aromatic carbocycles. The van der Waals surface area contributed by atoms with Crippen molar-refractivity contribution in [1.82, 2.24) is 0 Å². The van der Waals surface area contributed by atoms with Crippen LogP contribution in [-0.4, -0.2) is 11.2 Å². The number of rotatable bonds is 4. The second-order valence-electron chi connectivity index (χ2n) is 4.13. The quantitative estimate of drug-likeness (QED) is 0.501. The fourth-order valence-corrected chi connectivity index (χ4v) is 2.77. The molecule has 2 rings (SSSR count). The lowest BCUT2D eigenvalue weighted by molar-refractivity contribution is 0.448. The van der Waals surface area contributed by atoms with Crippen molar-refractivity contribution >= 4 is 40.3 Å². The van der Waals surface area contributed by atoms with Gasteiger partial charge in [0.2, 0.25) is 0 Å². The Bertz CT molecular complexity index is 682. The molecule has 0 heterocycles. The van der Waals surface area contributed by atoms with Gasteiger partial charge in [0, 0.05) is 34.0 Å². The van der Waals surface area contributed by atoms with Crippen molar-refractivity contribution in [3.05, 3.63) is 53.3 Å². The van der Waals surface area contributed by atoms with E-state index in [1.165, 1.54) is 11.8 Å². The highest BCUT2D eigenvalue weighted by Gasteiger charge is 2.14. The van der Waals surface area contributed by atoms with Gasteiger partial charge in [0.05, 0.1) is 0 Å². The number of thioether (sulfide) groups is 1. The summed E-state index contributed by atoms with van der Waals surface area (Å²) < 4.78 is 39.4. The van der Waals surface area contributed by atoms with Crippen molar-refractivity contribution in [2.45, 2.75) is 4.90 Å². The van der Waals surface area contributed by atoms with Crippen LogP contribution in [0.4, 0.5) is 24.5 Å². The maximum absolute atomic E-state index is 13.2. The minimum absolute atomic E-state index is 0.0714. The van der Waals surface area contributed by atoms with Crippen LogP contribution in [0.5, 0.6) is 0 Å². The summed E-state index contributed by atoms with van der Waals surface area (Å²) in [6.07, 6.45) is 1.86. The number of nitrogens with two attached hydrogens (primary N) is 1. The first-order chi connectivity index (χ1) is 9.93. The molecule has 0 spiro atoms. The summed E-state index contributed by atoms with van der Waals surface area (Å²) >= 11 is 6.45. The Balaban J connectivity index is 2.47. The third-order valence-corrected chi connectivity index (χ3v) is 3.74. The Hall–Kier alpha value is -1.73. The molecule has 3 N–H and O–H groups in total. The Labute approximate surface area is 129 Å². The fraction of sp³-hybridized carbons (Fsp3) is 0.0714. The van der Waals surface area contributed by atoms with E-state index in [0.717, 1.165) is 17.0 Å². The van der Waals surface area contributed by atoms with Gasteiger partial charge in [-0.3, -0.25) is 0 Å². The lowest BCUT2D eigenvalue weighted by Crippen LogP contribution is -2.13. The molecule has 0 amide bonds. The summed E-state index contributed by atoms with van der Waals surface area (Å²) in [6.45, 7) is 0. The summed E-state index contributed by atoms with van der Waals surface area (Å²) in [5.41, 5.74) is 6.84. The minimum Gasteiger partial charge on any atom is -0.389 e. The molecule has 0 aliphatic carbocycles. The average Bonchev–Trinajstić information content (AvgIpc) is 2.44. The molecule has 0 atom stereocenters. The van der Waals surface area contributed by atoms with Crippen LogP contribution < -0.4 is 11.1 Å². The summed E-state index contributed by atoms with van der Waals surface area (Å²) in [6, 6.07) is 7.00. The van der Waals surface area contributed by atoms with E-state index in [9.17, 15) is 13.2 Å². The average molecular weight is 328 g/mol. The van der Waals surface area contributed by atoms with E-state index >= 15 is 0 Å². The molecule has 0 aliphatic rings. The van der Waals surface area contributed by atoms with Crippen LogP contribution in [0.1, 0.15) is 5.56 Å². The van der Waals surface area contributed by atoms with Crippen molar-refractivity contribution in [3.63, 3.8) is 0 Å². The molecule has 0 bridgehead atoms. The molecule has 2 aromatic rings. The minimum atomic E-state index is -1.51. The van der Waals surface area contributed by atoms with Gasteiger partial charge in [0.25, 0.3) is 0 Å². The molecule has 21 heavy (non-hydrogen) atoms. The van der Waals surface area contributed by atoms with E-state index in [0.29, 0.717) is 11.3 Å². The molecule has 0 aromatic heterocycles. The predicted molar refractivity (Wildman–Crippen MR) is 83.7 cm³/mol. The fourth-order valence-electron chi connectivity index (χ4n) is 1.84. The molecule has 0 aliphatic heterocycles. The Morgan fingerprint density at radius 3 is 2.33 bits per heavy atom. The molecule has 0 radical (unpaired) electrons. The molecule has 0 fully saturated rings. The van der Waals surface area contributed by atoms with Crippen molar-refractivity contribution in [2.24, 2.45) is 5.73 Å². The predicted octanol–water partition coefficient (Wildman–Crippen LogP) is 4.20. The summed E-state index contributed by atoms with van der Waals surface area (Å²) in [4.78, 5) is 0.987. The van der Waals surface area contributed by atoms with Crippen LogP contribution in [0.2, 0.25) is 0 Å². The molecule has 2 nitrogen and oxygen atoms in total. The van der Waals surface area contributed by atoms with E-state index < -0.39 is 17.5 Å². The van der Waals surface area contributed by atoms with E-state index in [1.807, 2.05) is 12.3 Å². The zero-order valence-corrected chi connectivity index (χ0v) is 12.5. The third-order valence-electron chi connectivity index (χ3n) is 2.76. The number of thiocarbonyl (C=S) groups is 1. The molecular weight excluding hydrogens is 317 g/mol. The molecule has 110 valence electrons. The normalized spacial score (nSPS) is 10.5. The number of anilines is 2. The first-order valence-corrected chi connectivity index (χ1v) is 7.45. The van der Waals surface area contributed by atoms with Crippen LogP contribution in [0.15, 0.2) is 35.2 Å². The molecule has 0 saturated carbocycles. The third kappa shape index (κ3) is 3.30. The second kappa shape index (κ2) is 6.36. The molecular formula is C14H11F3N2S2. The summed E-state index contributed by atoms with van der Waals surface area (Å²) in [5.74, 6) is -4.04. The lowest BCUT2D eigenvalue weighted by atomic mass is 10.1. The van der Waals surface area contributed by atoms with Gasteiger partial charge in [0.1, 0.15) is 4.99 Å². The van der Waals surface area contributed by atoms with Crippen molar-refractivity contribution in [1.29, 1.82) is 0 Å². The summed E-state index contributed by atoms with van der Waals surface area (Å²) in [7, 11) is 0. The molecule has 0 unspecified atom stereocenters. The number of benzene rings is 2. The van der Waals surface area contributed by atoms with Crippen LogP contribution in [-0.2, 0) is 0 Å². The standard InChI is InChI=1S/C14H11F3N2S2/c1-21-11-4-2-3-10(12(11)14(18)20)19-7-5-8(15)13(17)9(16)6-7/h2-6,19H,1H3,(H2,18,20). The van der Waals surface area contributed by atoms with Crippen molar-refractivity contribution in [3.8, 4) is 0 Å². The summed E-state index contributed by atoms with van der Waals surface area (Å²) in [5, 5.41) is 2.81. The Morgan fingerprint density at radius 1 is 1.19 bits per heavy atom. The first-order valence-electron chi connectivity index (χ1n) is 5.82. The highest BCUT2D eigenvalue weighted by Crippen LogP contribution is 2.30. The topological polar surface area (TPSA) is 38.0 Å². The zero-order valence-electron chi connectivity index (χ0n) is 10.9. The maximum Gasteiger partial charge on any atom is 0.194 e. The first kappa shape index (κ1) is 15.7. The number of hydrogen-bond donors (Lipinski definition) is 2. The Kier molecular flexibility index (Phi) is 4.74. The largest absolute Gasteiger partial charge is 0.389 e. The van der Waals surface area contributed by atoms with Crippen LogP contribution >= 0.6 is 24.0 Å². The van der Waals surface area contributed by atoms with Crippen molar-refractivity contribution < 1.29 is 13.2 Å². The monoisotopic (exact) mass is 328 g/mol. The van der Waals surface area contributed by atoms with Gasteiger partial charge >= 0.3 is 0 Å². The SMILES string of the molecule is CSc1cccc(Nc2cc(F)c(F)c(F)c2)c1C(N)=S.